The van der Waals surface area contributed by atoms with Gasteiger partial charge in [0, 0.05) is 18.3 Å². The van der Waals surface area contributed by atoms with Crippen LogP contribution in [0.25, 0.3) is 11.1 Å². The lowest BCUT2D eigenvalue weighted by Crippen LogP contribution is -2.21. The largest absolute Gasteiger partial charge is 0.497 e. The van der Waals surface area contributed by atoms with Crippen LogP contribution in [0.1, 0.15) is 34.7 Å². The maximum Gasteiger partial charge on any atom is 0.265 e. The van der Waals surface area contributed by atoms with E-state index in [1.54, 1.807) is 39.1 Å². The number of aliphatic hydroxyl groups excluding tert-OH is 1. The number of benzene rings is 1. The van der Waals surface area contributed by atoms with E-state index < -0.39 is 12.0 Å². The van der Waals surface area contributed by atoms with Crippen molar-refractivity contribution >= 4 is 22.7 Å². The SMILES string of the molecule is COc1ccc(NC(=O)c2c(C)oc3ncn(C)c(=O)c23)c(C(C)O)c1. The number of carbonyl (C=O) groups excluding carboxylic acids is 1. The summed E-state index contributed by atoms with van der Waals surface area (Å²) in [5.41, 5.74) is 0.777. The number of nitrogens with one attached hydrogen (secondary N) is 1. The van der Waals surface area contributed by atoms with Crippen molar-refractivity contribution in [2.75, 3.05) is 12.4 Å². The topological polar surface area (TPSA) is 107 Å². The smallest absolute Gasteiger partial charge is 0.265 e. The fourth-order valence-corrected chi connectivity index (χ4v) is 2.77. The Bertz CT molecular complexity index is 1050. The molecule has 1 amide bonds. The number of hydrogen-bond acceptors (Lipinski definition) is 6. The zero-order valence-electron chi connectivity index (χ0n) is 14.9. The van der Waals surface area contributed by atoms with Crippen LogP contribution in [-0.2, 0) is 7.05 Å². The van der Waals surface area contributed by atoms with Crippen molar-refractivity contribution in [3.63, 3.8) is 0 Å². The normalized spacial score (nSPS) is 12.2. The third-order valence-corrected chi connectivity index (χ3v) is 4.13. The van der Waals surface area contributed by atoms with Crippen molar-refractivity contribution in [3.8, 4) is 5.75 Å². The molecule has 2 heterocycles. The van der Waals surface area contributed by atoms with E-state index in [0.717, 1.165) is 0 Å². The third-order valence-electron chi connectivity index (χ3n) is 4.13. The number of hydrogen-bond donors (Lipinski definition) is 2. The Morgan fingerprint density at radius 3 is 2.81 bits per heavy atom. The number of aryl methyl sites for hydroxylation is 2. The standard InChI is InChI=1S/C18H19N3O5/c1-9(22)12-7-11(25-4)5-6-13(12)20-16(23)14-10(2)26-17-15(14)18(24)21(3)8-19-17/h5-9,22H,1-4H3,(H,20,23). The molecule has 2 N–H and O–H groups in total. The molecule has 2 aromatic heterocycles. The van der Waals surface area contributed by atoms with Crippen molar-refractivity contribution in [1.82, 2.24) is 9.55 Å². The van der Waals surface area contributed by atoms with E-state index in [0.29, 0.717) is 22.8 Å². The third kappa shape index (κ3) is 2.95. The van der Waals surface area contributed by atoms with Crippen LogP contribution in [0.5, 0.6) is 5.75 Å². The molecule has 0 saturated carbocycles. The summed E-state index contributed by atoms with van der Waals surface area (Å²) in [4.78, 5) is 29.3. The molecule has 3 rings (SSSR count). The van der Waals surface area contributed by atoms with Crippen LogP contribution in [0.15, 0.2) is 33.7 Å². The molecule has 3 aromatic rings. The van der Waals surface area contributed by atoms with E-state index in [1.807, 2.05) is 0 Å². The van der Waals surface area contributed by atoms with Crippen molar-refractivity contribution in [1.29, 1.82) is 0 Å². The Kier molecular flexibility index (Phi) is 4.52. The molecule has 1 atom stereocenters. The minimum atomic E-state index is -0.822. The van der Waals surface area contributed by atoms with Gasteiger partial charge in [0.1, 0.15) is 23.2 Å². The number of rotatable bonds is 4. The highest BCUT2D eigenvalue weighted by Crippen LogP contribution is 2.29. The molecule has 8 nitrogen and oxygen atoms in total. The summed E-state index contributed by atoms with van der Waals surface area (Å²) in [6.07, 6.45) is 0.516. The van der Waals surface area contributed by atoms with Gasteiger partial charge in [-0.1, -0.05) is 0 Å². The molecule has 0 radical (unpaired) electrons. The number of nitrogens with zero attached hydrogens (tertiary/aromatic N) is 2. The zero-order valence-corrected chi connectivity index (χ0v) is 14.9. The number of aromatic nitrogens is 2. The van der Waals surface area contributed by atoms with Gasteiger partial charge in [-0.3, -0.25) is 9.59 Å². The lowest BCUT2D eigenvalue weighted by Gasteiger charge is -2.14. The second-order valence-electron chi connectivity index (χ2n) is 5.96. The van der Waals surface area contributed by atoms with E-state index in [4.69, 9.17) is 9.15 Å². The monoisotopic (exact) mass is 357 g/mol. The Morgan fingerprint density at radius 1 is 1.42 bits per heavy atom. The summed E-state index contributed by atoms with van der Waals surface area (Å²) >= 11 is 0. The molecular weight excluding hydrogens is 338 g/mol. The lowest BCUT2D eigenvalue weighted by molar-refractivity contribution is 0.102. The van der Waals surface area contributed by atoms with Crippen molar-refractivity contribution < 1.29 is 19.1 Å². The molecule has 26 heavy (non-hydrogen) atoms. The minimum Gasteiger partial charge on any atom is -0.497 e. The van der Waals surface area contributed by atoms with Gasteiger partial charge >= 0.3 is 0 Å². The first kappa shape index (κ1) is 17.7. The van der Waals surface area contributed by atoms with Crippen LogP contribution in [0.2, 0.25) is 0 Å². The first-order valence-corrected chi connectivity index (χ1v) is 7.95. The molecule has 136 valence electrons. The predicted octanol–water partition coefficient (Wildman–Crippen LogP) is 2.15. The molecule has 0 saturated heterocycles. The summed E-state index contributed by atoms with van der Waals surface area (Å²) in [5, 5.41) is 12.8. The number of anilines is 1. The molecule has 0 aliphatic rings. The fourth-order valence-electron chi connectivity index (χ4n) is 2.77. The maximum atomic E-state index is 12.8. The van der Waals surface area contributed by atoms with Crippen molar-refractivity contribution in [2.45, 2.75) is 20.0 Å². The summed E-state index contributed by atoms with van der Waals surface area (Å²) < 4.78 is 11.9. The van der Waals surface area contributed by atoms with E-state index in [1.165, 1.54) is 18.0 Å². The molecular formula is C18H19N3O5. The van der Waals surface area contributed by atoms with Gasteiger partial charge in [0.05, 0.1) is 18.8 Å². The van der Waals surface area contributed by atoms with Gasteiger partial charge in [-0.2, -0.15) is 0 Å². The zero-order chi connectivity index (χ0) is 19.0. The van der Waals surface area contributed by atoms with Crippen LogP contribution >= 0.6 is 0 Å². The predicted molar refractivity (Wildman–Crippen MR) is 95.6 cm³/mol. The molecule has 0 fully saturated rings. The Labute approximate surface area is 149 Å². The summed E-state index contributed by atoms with van der Waals surface area (Å²) in [5.74, 6) is 0.334. The molecule has 8 heteroatoms. The van der Waals surface area contributed by atoms with Gasteiger partial charge in [-0.05, 0) is 32.0 Å². The summed E-state index contributed by atoms with van der Waals surface area (Å²) in [7, 11) is 3.07. The first-order chi connectivity index (χ1) is 12.3. The van der Waals surface area contributed by atoms with Gasteiger partial charge in [0.25, 0.3) is 11.5 Å². The average molecular weight is 357 g/mol. The molecule has 0 aliphatic heterocycles. The van der Waals surface area contributed by atoms with E-state index in [9.17, 15) is 14.7 Å². The Hall–Kier alpha value is -3.13. The van der Waals surface area contributed by atoms with Crippen LogP contribution in [0, 0.1) is 6.92 Å². The van der Waals surface area contributed by atoms with E-state index in [-0.39, 0.29) is 22.2 Å². The number of fused-ring (bicyclic) bond motifs is 1. The second kappa shape index (κ2) is 6.64. The average Bonchev–Trinajstić information content (AvgIpc) is 2.95. The highest BCUT2D eigenvalue weighted by atomic mass is 16.5. The van der Waals surface area contributed by atoms with Crippen LogP contribution < -0.4 is 15.6 Å². The van der Waals surface area contributed by atoms with E-state index in [2.05, 4.69) is 10.3 Å². The molecule has 1 aromatic carbocycles. The van der Waals surface area contributed by atoms with Crippen molar-refractivity contribution in [2.24, 2.45) is 7.05 Å². The number of methoxy groups -OCH3 is 1. The van der Waals surface area contributed by atoms with Crippen LogP contribution in [0.3, 0.4) is 0 Å². The first-order valence-electron chi connectivity index (χ1n) is 7.95. The lowest BCUT2D eigenvalue weighted by atomic mass is 10.1. The second-order valence-corrected chi connectivity index (χ2v) is 5.96. The van der Waals surface area contributed by atoms with Crippen LogP contribution in [-0.4, -0.2) is 27.7 Å². The van der Waals surface area contributed by atoms with Gasteiger partial charge in [-0.15, -0.1) is 0 Å². The number of furan rings is 1. The molecule has 1 unspecified atom stereocenters. The quantitative estimate of drug-likeness (QED) is 0.741. The number of amides is 1. The summed E-state index contributed by atoms with van der Waals surface area (Å²) in [6.45, 7) is 3.18. The number of aliphatic hydroxyl groups is 1. The maximum absolute atomic E-state index is 12.8. The van der Waals surface area contributed by atoms with E-state index >= 15 is 0 Å². The number of ether oxygens (including phenoxy) is 1. The van der Waals surface area contributed by atoms with Gasteiger partial charge in [0.15, 0.2) is 0 Å². The molecule has 0 spiro atoms. The van der Waals surface area contributed by atoms with Gasteiger partial charge < -0.3 is 24.1 Å². The highest BCUT2D eigenvalue weighted by molar-refractivity contribution is 6.12. The van der Waals surface area contributed by atoms with Crippen LogP contribution in [0.4, 0.5) is 5.69 Å². The summed E-state index contributed by atoms with van der Waals surface area (Å²) in [6, 6.07) is 4.94. The Morgan fingerprint density at radius 2 is 2.15 bits per heavy atom. The molecule has 0 aliphatic carbocycles. The Balaban J connectivity index is 2.07. The van der Waals surface area contributed by atoms with Crippen molar-refractivity contribution in [3.05, 3.63) is 51.8 Å². The van der Waals surface area contributed by atoms with Gasteiger partial charge in [0.2, 0.25) is 5.71 Å². The molecule has 0 bridgehead atoms. The van der Waals surface area contributed by atoms with Gasteiger partial charge in [-0.25, -0.2) is 4.98 Å². The fraction of sp³-hybridized carbons (Fsp3) is 0.278. The highest BCUT2D eigenvalue weighted by Gasteiger charge is 2.23. The minimum absolute atomic E-state index is 0.112. The number of carbonyl (C=O) groups is 1.